The summed E-state index contributed by atoms with van der Waals surface area (Å²) in [6.45, 7) is -0.799. The molecule has 0 bridgehead atoms. The van der Waals surface area contributed by atoms with Crippen LogP contribution in [0.3, 0.4) is 0 Å². The van der Waals surface area contributed by atoms with Gasteiger partial charge >= 0.3 is 6.18 Å². The molecular formula is C26H25F3N6O3. The van der Waals surface area contributed by atoms with Crippen LogP contribution in [-0.4, -0.2) is 44.3 Å². The average Bonchev–Trinajstić information content (AvgIpc) is 3.58. The minimum Gasteiger partial charge on any atom is -0.484 e. The summed E-state index contributed by atoms with van der Waals surface area (Å²) in [6.07, 6.45) is 3.10. The molecule has 1 fully saturated rings. The van der Waals surface area contributed by atoms with Crippen LogP contribution in [0.25, 0.3) is 0 Å². The Morgan fingerprint density at radius 2 is 2.11 bits per heavy atom. The van der Waals surface area contributed by atoms with E-state index in [-0.39, 0.29) is 17.4 Å². The molecule has 3 aromatic rings. The van der Waals surface area contributed by atoms with Gasteiger partial charge in [-0.1, -0.05) is 18.9 Å². The number of rotatable bonds is 7. The monoisotopic (exact) mass is 526 g/mol. The predicted octanol–water partition coefficient (Wildman–Crippen LogP) is 3.79. The third-order valence-corrected chi connectivity index (χ3v) is 7.38. The number of carbonyl (C=O) groups excluding carboxylic acids is 2. The van der Waals surface area contributed by atoms with E-state index in [0.717, 1.165) is 17.5 Å². The highest BCUT2D eigenvalue weighted by molar-refractivity contribution is 6.08. The van der Waals surface area contributed by atoms with Crippen LogP contribution in [0.5, 0.6) is 5.75 Å². The first-order valence-corrected chi connectivity index (χ1v) is 12.5. The zero-order valence-electron chi connectivity index (χ0n) is 20.3. The van der Waals surface area contributed by atoms with Crippen molar-refractivity contribution in [1.29, 1.82) is 0 Å². The van der Waals surface area contributed by atoms with E-state index >= 15 is 0 Å². The number of benzene rings is 1. The van der Waals surface area contributed by atoms with Crippen molar-refractivity contribution in [1.82, 2.24) is 25.1 Å². The lowest BCUT2D eigenvalue weighted by Gasteiger charge is -2.35. The van der Waals surface area contributed by atoms with Crippen molar-refractivity contribution in [3.63, 3.8) is 0 Å². The maximum Gasteiger partial charge on any atom is 0.422 e. The molecule has 38 heavy (non-hydrogen) atoms. The molecule has 2 aliphatic carbocycles. The Balaban J connectivity index is 1.30. The van der Waals surface area contributed by atoms with Crippen molar-refractivity contribution in [3.05, 3.63) is 64.9 Å². The van der Waals surface area contributed by atoms with E-state index in [0.29, 0.717) is 48.8 Å². The molecule has 3 heterocycles. The molecule has 0 unspecified atom stereocenters. The summed E-state index contributed by atoms with van der Waals surface area (Å²) in [7, 11) is 0. The van der Waals surface area contributed by atoms with Crippen molar-refractivity contribution in [2.45, 2.75) is 56.8 Å². The van der Waals surface area contributed by atoms with Gasteiger partial charge in [0, 0.05) is 19.2 Å². The molecule has 1 aliphatic heterocycles. The highest BCUT2D eigenvalue weighted by Gasteiger charge is 2.46. The first-order chi connectivity index (χ1) is 18.2. The topological polar surface area (TPSA) is 111 Å². The van der Waals surface area contributed by atoms with Crippen molar-refractivity contribution < 1.29 is 27.5 Å². The number of halogens is 3. The minimum atomic E-state index is -4.42. The van der Waals surface area contributed by atoms with Crippen molar-refractivity contribution in [2.24, 2.45) is 5.92 Å². The molecule has 2 N–H and O–H groups in total. The lowest BCUT2D eigenvalue weighted by atomic mass is 9.82. The average molecular weight is 527 g/mol. The first kappa shape index (κ1) is 24.4. The number of aromatic nitrogens is 4. The van der Waals surface area contributed by atoms with Gasteiger partial charge in [-0.05, 0) is 54.5 Å². The second-order valence-corrected chi connectivity index (χ2v) is 10.1. The molecule has 1 atom stereocenters. The van der Waals surface area contributed by atoms with Crippen LogP contribution in [0.2, 0.25) is 0 Å². The quantitative estimate of drug-likeness (QED) is 0.485. The van der Waals surface area contributed by atoms with Crippen LogP contribution in [0.1, 0.15) is 63.4 Å². The molecule has 0 radical (unpaired) electrons. The lowest BCUT2D eigenvalue weighted by molar-refractivity contribution is -0.153. The largest absolute Gasteiger partial charge is 0.484 e. The Morgan fingerprint density at radius 3 is 2.84 bits per heavy atom. The van der Waals surface area contributed by atoms with Crippen LogP contribution < -0.4 is 15.4 Å². The highest BCUT2D eigenvalue weighted by Crippen LogP contribution is 2.44. The lowest BCUT2D eigenvalue weighted by Crippen LogP contribution is -2.49. The van der Waals surface area contributed by atoms with Crippen molar-refractivity contribution >= 4 is 17.6 Å². The number of anilines is 1. The maximum absolute atomic E-state index is 13.5. The molecule has 9 nitrogen and oxygen atoms in total. The van der Waals surface area contributed by atoms with E-state index in [2.05, 4.69) is 20.6 Å². The SMILES string of the molecule is O=C(Nc1c2c(nn1CCC1CC1)C[C@]1(CCc3cc(OCC(F)(F)F)ccc31)NC2=O)c1ccncn1. The molecule has 1 saturated carbocycles. The van der Waals surface area contributed by atoms with Crippen LogP contribution >= 0.6 is 0 Å². The van der Waals surface area contributed by atoms with E-state index < -0.39 is 24.2 Å². The van der Waals surface area contributed by atoms with Gasteiger partial charge in [-0.25, -0.2) is 14.6 Å². The Hall–Kier alpha value is -3.96. The van der Waals surface area contributed by atoms with E-state index in [1.807, 2.05) is 0 Å². The van der Waals surface area contributed by atoms with Gasteiger partial charge in [-0.3, -0.25) is 9.59 Å². The Morgan fingerprint density at radius 1 is 1.26 bits per heavy atom. The number of ether oxygens (including phenoxy) is 1. The fourth-order valence-electron chi connectivity index (χ4n) is 5.38. The van der Waals surface area contributed by atoms with Crippen molar-refractivity contribution in [3.8, 4) is 5.75 Å². The summed E-state index contributed by atoms with van der Waals surface area (Å²) in [5.74, 6) is 0.281. The molecule has 2 amide bonds. The maximum atomic E-state index is 13.5. The molecule has 12 heteroatoms. The summed E-state index contributed by atoms with van der Waals surface area (Å²) in [6, 6.07) is 6.32. The van der Waals surface area contributed by atoms with Gasteiger partial charge in [0.05, 0.1) is 11.2 Å². The van der Waals surface area contributed by atoms with Gasteiger partial charge in [0.25, 0.3) is 11.8 Å². The minimum absolute atomic E-state index is 0.139. The summed E-state index contributed by atoms with van der Waals surface area (Å²) in [5, 5.41) is 10.7. The number of nitrogens with zero attached hydrogens (tertiary/aromatic N) is 4. The normalized spacial score (nSPS) is 20.1. The predicted molar refractivity (Wildman–Crippen MR) is 129 cm³/mol. The number of nitrogens with one attached hydrogen (secondary N) is 2. The van der Waals surface area contributed by atoms with Crippen molar-refractivity contribution in [2.75, 3.05) is 11.9 Å². The molecular weight excluding hydrogens is 501 g/mol. The molecule has 1 aromatic carbocycles. The number of carbonyl (C=O) groups is 2. The molecule has 198 valence electrons. The second kappa shape index (κ2) is 9.10. The van der Waals surface area contributed by atoms with E-state index in [9.17, 15) is 22.8 Å². The van der Waals surface area contributed by atoms with E-state index in [1.165, 1.54) is 37.5 Å². The number of fused-ring (bicyclic) bond motifs is 3. The molecule has 2 aromatic heterocycles. The summed E-state index contributed by atoms with van der Waals surface area (Å²) >= 11 is 0. The first-order valence-electron chi connectivity index (χ1n) is 12.5. The number of alkyl halides is 3. The van der Waals surface area contributed by atoms with Gasteiger partial charge in [-0.15, -0.1) is 0 Å². The van der Waals surface area contributed by atoms with Gasteiger partial charge in [-0.2, -0.15) is 18.3 Å². The van der Waals surface area contributed by atoms with Crippen LogP contribution in [0.15, 0.2) is 36.8 Å². The molecule has 6 rings (SSSR count). The van der Waals surface area contributed by atoms with E-state index in [1.54, 1.807) is 16.8 Å². The van der Waals surface area contributed by atoms with Gasteiger partial charge in [0.15, 0.2) is 6.61 Å². The Bertz CT molecular complexity index is 1400. The number of amides is 2. The fourth-order valence-corrected chi connectivity index (χ4v) is 5.38. The second-order valence-electron chi connectivity index (χ2n) is 10.1. The zero-order valence-corrected chi connectivity index (χ0v) is 20.3. The molecule has 1 spiro atoms. The summed E-state index contributed by atoms with van der Waals surface area (Å²) in [5.41, 5.74) is 2.02. The zero-order chi connectivity index (χ0) is 26.5. The summed E-state index contributed by atoms with van der Waals surface area (Å²) in [4.78, 5) is 34.3. The fraction of sp³-hybridized carbons (Fsp3) is 0.423. The third-order valence-electron chi connectivity index (χ3n) is 7.38. The molecule has 3 aliphatic rings. The van der Waals surface area contributed by atoms with Crippen LogP contribution in [-0.2, 0) is 24.9 Å². The van der Waals surface area contributed by atoms with Crippen LogP contribution in [0, 0.1) is 5.92 Å². The van der Waals surface area contributed by atoms with Crippen LogP contribution in [0.4, 0.5) is 19.0 Å². The smallest absolute Gasteiger partial charge is 0.422 e. The van der Waals surface area contributed by atoms with Gasteiger partial charge < -0.3 is 15.4 Å². The van der Waals surface area contributed by atoms with Gasteiger partial charge in [0.1, 0.15) is 29.2 Å². The van der Waals surface area contributed by atoms with Gasteiger partial charge in [0.2, 0.25) is 0 Å². The van der Waals surface area contributed by atoms with E-state index in [4.69, 9.17) is 9.84 Å². The Labute approximate surface area is 215 Å². The third kappa shape index (κ3) is 4.70. The highest BCUT2D eigenvalue weighted by atomic mass is 19.4. The number of aryl methyl sites for hydroxylation is 2. The molecule has 0 saturated heterocycles. The number of hydrogen-bond acceptors (Lipinski definition) is 6. The standard InChI is InChI=1S/C26H25F3N6O3/c27-26(28,29)13-38-17-3-4-18-16(11-17)5-8-25(18)12-20-21(24(37)33-25)22(35(34-20)10-7-15-1-2-15)32-23(36)19-6-9-30-14-31-19/h3-4,6,9,11,14-15H,1-2,5,7-8,10,12-13H2,(H,32,36)(H,33,37)/t25-/m0/s1. The summed E-state index contributed by atoms with van der Waals surface area (Å²) < 4.78 is 44.4. The number of hydrogen-bond donors (Lipinski definition) is 2. The Kier molecular flexibility index (Phi) is 5.84.